The molecule has 0 radical (unpaired) electrons. The molecule has 0 aliphatic rings. The van der Waals surface area contributed by atoms with Crippen LogP contribution in [0.1, 0.15) is 5.56 Å². The number of ether oxygens (including phenoxy) is 1. The Balaban J connectivity index is 2.02. The van der Waals surface area contributed by atoms with Crippen LogP contribution in [0.4, 0.5) is 5.69 Å². The maximum absolute atomic E-state index is 9.09. The van der Waals surface area contributed by atoms with Gasteiger partial charge >= 0.3 is 0 Å². The molecule has 112 valence electrons. The average Bonchev–Trinajstić information content (AvgIpc) is 2.54. The Labute approximate surface area is 125 Å². The Morgan fingerprint density at radius 3 is 2.24 bits per heavy atom. The molecular formula is C17H21NO3. The molecule has 0 aliphatic carbocycles. The number of anilines is 1. The van der Waals surface area contributed by atoms with Crippen molar-refractivity contribution in [2.75, 3.05) is 31.2 Å². The van der Waals surface area contributed by atoms with Crippen LogP contribution in [0.3, 0.4) is 0 Å². The Bertz CT molecular complexity index is 525. The Hall–Kier alpha value is -2.04. The molecule has 0 saturated carbocycles. The first kappa shape index (κ1) is 15.4. The molecule has 4 heteroatoms. The lowest BCUT2D eigenvalue weighted by atomic mass is 10.2. The summed E-state index contributed by atoms with van der Waals surface area (Å²) in [5.41, 5.74) is 2.05. The van der Waals surface area contributed by atoms with Crippen LogP contribution in [0.15, 0.2) is 54.6 Å². The molecule has 2 aromatic carbocycles. The SMILES string of the molecule is OCCN(CCO)c1cccc(OCc2ccccc2)c1. The van der Waals surface area contributed by atoms with Crippen molar-refractivity contribution in [3.63, 3.8) is 0 Å². The molecule has 21 heavy (non-hydrogen) atoms. The third-order valence-corrected chi connectivity index (χ3v) is 3.17. The van der Waals surface area contributed by atoms with Crippen LogP contribution in [0.25, 0.3) is 0 Å². The maximum Gasteiger partial charge on any atom is 0.121 e. The summed E-state index contributed by atoms with van der Waals surface area (Å²) in [5.74, 6) is 0.775. The normalized spacial score (nSPS) is 10.4. The van der Waals surface area contributed by atoms with E-state index >= 15 is 0 Å². The first-order valence-electron chi connectivity index (χ1n) is 7.07. The third-order valence-electron chi connectivity index (χ3n) is 3.17. The first-order chi connectivity index (χ1) is 10.3. The average molecular weight is 287 g/mol. The lowest BCUT2D eigenvalue weighted by Gasteiger charge is -2.23. The standard InChI is InChI=1S/C17H21NO3/c19-11-9-18(10-12-20)16-7-4-8-17(13-16)21-14-15-5-2-1-3-6-15/h1-8,13,19-20H,9-12,14H2. The summed E-state index contributed by atoms with van der Waals surface area (Å²) in [7, 11) is 0. The number of benzene rings is 2. The van der Waals surface area contributed by atoms with Gasteiger partial charge in [0.05, 0.1) is 13.2 Å². The summed E-state index contributed by atoms with van der Waals surface area (Å²) >= 11 is 0. The number of hydrogen-bond acceptors (Lipinski definition) is 4. The van der Waals surface area contributed by atoms with Crippen molar-refractivity contribution >= 4 is 5.69 Å². The lowest BCUT2D eigenvalue weighted by molar-refractivity contribution is 0.280. The molecule has 0 heterocycles. The monoisotopic (exact) mass is 287 g/mol. The summed E-state index contributed by atoms with van der Waals surface area (Å²) in [4.78, 5) is 1.93. The maximum atomic E-state index is 9.09. The van der Waals surface area contributed by atoms with E-state index in [0.717, 1.165) is 17.0 Å². The molecule has 0 spiro atoms. The van der Waals surface area contributed by atoms with Crippen LogP contribution in [0.2, 0.25) is 0 Å². The summed E-state index contributed by atoms with van der Waals surface area (Å²) in [5, 5.41) is 18.2. The molecule has 2 rings (SSSR count). The first-order valence-corrected chi connectivity index (χ1v) is 7.07. The fourth-order valence-corrected chi connectivity index (χ4v) is 2.12. The van der Waals surface area contributed by atoms with Gasteiger partial charge < -0.3 is 19.8 Å². The summed E-state index contributed by atoms with van der Waals surface area (Å²) < 4.78 is 5.79. The van der Waals surface area contributed by atoms with Crippen molar-refractivity contribution in [3.05, 3.63) is 60.2 Å². The van der Waals surface area contributed by atoms with Crippen molar-refractivity contribution in [3.8, 4) is 5.75 Å². The lowest BCUT2D eigenvalue weighted by Crippen LogP contribution is -2.29. The van der Waals surface area contributed by atoms with Gasteiger partial charge in [0.15, 0.2) is 0 Å². The molecule has 0 unspecified atom stereocenters. The summed E-state index contributed by atoms with van der Waals surface area (Å²) in [6, 6.07) is 17.7. The van der Waals surface area contributed by atoms with E-state index in [-0.39, 0.29) is 13.2 Å². The second-order valence-corrected chi connectivity index (χ2v) is 4.71. The van der Waals surface area contributed by atoms with E-state index in [1.807, 2.05) is 59.5 Å². The van der Waals surface area contributed by atoms with Crippen molar-refractivity contribution in [1.82, 2.24) is 0 Å². The minimum absolute atomic E-state index is 0.0507. The summed E-state index contributed by atoms with van der Waals surface area (Å²) in [6.07, 6.45) is 0. The molecule has 4 nitrogen and oxygen atoms in total. The van der Waals surface area contributed by atoms with Gasteiger partial charge in [-0.05, 0) is 17.7 Å². The van der Waals surface area contributed by atoms with E-state index in [1.165, 1.54) is 0 Å². The molecule has 0 fully saturated rings. The largest absolute Gasteiger partial charge is 0.489 e. The summed E-state index contributed by atoms with van der Waals surface area (Å²) in [6.45, 7) is 1.60. The van der Waals surface area contributed by atoms with E-state index < -0.39 is 0 Å². The van der Waals surface area contributed by atoms with Crippen LogP contribution in [-0.4, -0.2) is 36.5 Å². The highest BCUT2D eigenvalue weighted by molar-refractivity contribution is 5.50. The number of aliphatic hydroxyl groups is 2. The van der Waals surface area contributed by atoms with E-state index in [0.29, 0.717) is 19.7 Å². The number of hydrogen-bond donors (Lipinski definition) is 2. The van der Waals surface area contributed by atoms with Crippen LogP contribution in [-0.2, 0) is 6.61 Å². The fourth-order valence-electron chi connectivity index (χ4n) is 2.12. The van der Waals surface area contributed by atoms with E-state index in [2.05, 4.69) is 0 Å². The number of rotatable bonds is 8. The fraction of sp³-hybridized carbons (Fsp3) is 0.294. The molecule has 0 saturated heterocycles. The van der Waals surface area contributed by atoms with Gasteiger partial charge in [0, 0.05) is 24.8 Å². The highest BCUT2D eigenvalue weighted by Crippen LogP contribution is 2.21. The molecule has 2 aromatic rings. The Morgan fingerprint density at radius 2 is 1.57 bits per heavy atom. The Morgan fingerprint density at radius 1 is 0.857 bits per heavy atom. The third kappa shape index (κ3) is 4.77. The predicted molar refractivity (Wildman–Crippen MR) is 83.6 cm³/mol. The van der Waals surface area contributed by atoms with Gasteiger partial charge in [-0.1, -0.05) is 36.4 Å². The zero-order chi connectivity index (χ0) is 14.9. The van der Waals surface area contributed by atoms with Gasteiger partial charge in [-0.25, -0.2) is 0 Å². The van der Waals surface area contributed by atoms with Gasteiger partial charge in [-0.2, -0.15) is 0 Å². The molecule has 0 amide bonds. The molecule has 0 aliphatic heterocycles. The van der Waals surface area contributed by atoms with Crippen molar-refractivity contribution in [2.24, 2.45) is 0 Å². The van der Waals surface area contributed by atoms with Crippen LogP contribution in [0, 0.1) is 0 Å². The van der Waals surface area contributed by atoms with Gasteiger partial charge in [-0.15, -0.1) is 0 Å². The molecule has 0 bridgehead atoms. The van der Waals surface area contributed by atoms with Gasteiger partial charge in [0.2, 0.25) is 0 Å². The highest BCUT2D eigenvalue weighted by Gasteiger charge is 2.06. The van der Waals surface area contributed by atoms with Crippen molar-refractivity contribution < 1.29 is 14.9 Å². The van der Waals surface area contributed by atoms with Crippen LogP contribution in [0.5, 0.6) is 5.75 Å². The van der Waals surface area contributed by atoms with Crippen molar-refractivity contribution in [1.29, 1.82) is 0 Å². The smallest absolute Gasteiger partial charge is 0.121 e. The zero-order valence-corrected chi connectivity index (χ0v) is 12.0. The predicted octanol–water partition coefficient (Wildman–Crippen LogP) is 2.06. The second-order valence-electron chi connectivity index (χ2n) is 4.71. The zero-order valence-electron chi connectivity index (χ0n) is 12.0. The molecular weight excluding hydrogens is 266 g/mol. The van der Waals surface area contributed by atoms with Gasteiger partial charge in [0.1, 0.15) is 12.4 Å². The van der Waals surface area contributed by atoms with E-state index in [1.54, 1.807) is 0 Å². The minimum atomic E-state index is 0.0507. The van der Waals surface area contributed by atoms with Crippen molar-refractivity contribution in [2.45, 2.75) is 6.61 Å². The van der Waals surface area contributed by atoms with Crippen LogP contribution >= 0.6 is 0 Å². The number of nitrogens with zero attached hydrogens (tertiary/aromatic N) is 1. The second kappa shape index (κ2) is 8.29. The minimum Gasteiger partial charge on any atom is -0.489 e. The topological polar surface area (TPSA) is 52.9 Å². The molecule has 0 aromatic heterocycles. The van der Waals surface area contributed by atoms with E-state index in [4.69, 9.17) is 14.9 Å². The molecule has 2 N–H and O–H groups in total. The van der Waals surface area contributed by atoms with Gasteiger partial charge in [0.25, 0.3) is 0 Å². The quantitative estimate of drug-likeness (QED) is 0.780. The molecule has 0 atom stereocenters. The van der Waals surface area contributed by atoms with E-state index in [9.17, 15) is 0 Å². The number of aliphatic hydroxyl groups excluding tert-OH is 2. The van der Waals surface area contributed by atoms with Crippen LogP contribution < -0.4 is 9.64 Å². The van der Waals surface area contributed by atoms with Gasteiger partial charge in [-0.3, -0.25) is 0 Å². The Kier molecular flexibility index (Phi) is 6.06. The highest BCUT2D eigenvalue weighted by atomic mass is 16.5.